The predicted octanol–water partition coefficient (Wildman–Crippen LogP) is 2.42. The van der Waals surface area contributed by atoms with E-state index in [1.165, 1.54) is 17.0 Å². The van der Waals surface area contributed by atoms with Crippen molar-refractivity contribution in [3.63, 3.8) is 0 Å². The number of hydrogen-bond acceptors (Lipinski definition) is 5. The molecule has 1 atom stereocenters. The van der Waals surface area contributed by atoms with Gasteiger partial charge in [0.05, 0.1) is 18.7 Å². The van der Waals surface area contributed by atoms with Crippen molar-refractivity contribution in [3.8, 4) is 11.5 Å². The first-order valence-corrected chi connectivity index (χ1v) is 10.6. The fourth-order valence-electron chi connectivity index (χ4n) is 3.87. The number of aromatic nitrogens is 1. The lowest BCUT2D eigenvalue weighted by Crippen LogP contribution is -2.29. The van der Waals surface area contributed by atoms with Crippen LogP contribution < -0.4 is 14.8 Å². The largest absolute Gasteiger partial charge is 0.872 e. The molecule has 2 N–H and O–H groups in total. The molecule has 7 nitrogen and oxygen atoms in total. The summed E-state index contributed by atoms with van der Waals surface area (Å²) in [5.74, 6) is -1.41. The molecule has 1 aliphatic rings. The molecular weight excluding hydrogens is 420 g/mol. The van der Waals surface area contributed by atoms with Crippen LogP contribution in [0.1, 0.15) is 36.6 Å². The highest BCUT2D eigenvalue weighted by Gasteiger charge is 2.44. The molecule has 168 valence electrons. The molecule has 1 unspecified atom stereocenters. The summed E-state index contributed by atoms with van der Waals surface area (Å²) >= 11 is 0. The molecule has 1 fully saturated rings. The van der Waals surface area contributed by atoms with E-state index >= 15 is 0 Å². The van der Waals surface area contributed by atoms with Crippen LogP contribution in [0.5, 0.6) is 11.5 Å². The van der Waals surface area contributed by atoms with Crippen LogP contribution in [0.15, 0.2) is 78.6 Å². The molecule has 2 aromatic carbocycles. The number of nitrogens with zero attached hydrogens (tertiary/aromatic N) is 1. The number of aromatic hydroxyl groups is 1. The average Bonchev–Trinajstić information content (AvgIpc) is 3.05. The van der Waals surface area contributed by atoms with Gasteiger partial charge in [0.15, 0.2) is 12.4 Å². The van der Waals surface area contributed by atoms with Crippen LogP contribution in [0.25, 0.3) is 5.76 Å². The minimum absolute atomic E-state index is 0.0161. The molecular formula is C26H24N2O5. The van der Waals surface area contributed by atoms with E-state index in [1.807, 2.05) is 19.9 Å². The maximum Gasteiger partial charge on any atom is 0.295 e. The number of phenolic OH excluding ortho intramolecular Hbond substituents is 1. The van der Waals surface area contributed by atoms with Crippen LogP contribution in [0.3, 0.4) is 0 Å². The van der Waals surface area contributed by atoms with E-state index in [-0.39, 0.29) is 24.0 Å². The Kier molecular flexibility index (Phi) is 6.13. The normalized spacial score (nSPS) is 17.5. The zero-order valence-electron chi connectivity index (χ0n) is 18.3. The van der Waals surface area contributed by atoms with Gasteiger partial charge in [-0.05, 0) is 55.3 Å². The summed E-state index contributed by atoms with van der Waals surface area (Å²) in [6, 6.07) is 15.4. The van der Waals surface area contributed by atoms with E-state index < -0.39 is 23.5 Å². The van der Waals surface area contributed by atoms with E-state index in [0.29, 0.717) is 16.9 Å². The summed E-state index contributed by atoms with van der Waals surface area (Å²) in [7, 11) is 0. The number of rotatable bonds is 6. The van der Waals surface area contributed by atoms with Gasteiger partial charge in [-0.1, -0.05) is 30.0 Å². The lowest BCUT2D eigenvalue weighted by Gasteiger charge is -2.27. The molecule has 0 aliphatic carbocycles. The van der Waals surface area contributed by atoms with E-state index in [1.54, 1.807) is 54.9 Å². The molecule has 4 rings (SSSR count). The Morgan fingerprint density at radius 3 is 2.39 bits per heavy atom. The number of carbonyl (C=O) groups excluding carboxylic acids is 2. The van der Waals surface area contributed by atoms with E-state index in [0.717, 1.165) is 5.56 Å². The van der Waals surface area contributed by atoms with Gasteiger partial charge in [-0.2, -0.15) is 0 Å². The number of Topliss-reactive ketones (excluding diaryl/α,β-unsaturated/α-hetero) is 1. The van der Waals surface area contributed by atoms with Gasteiger partial charge in [-0.25, -0.2) is 4.98 Å². The highest BCUT2D eigenvalue weighted by Crippen LogP contribution is 2.40. The second-order valence-corrected chi connectivity index (χ2v) is 8.10. The average molecular weight is 444 g/mol. The van der Waals surface area contributed by atoms with Crippen molar-refractivity contribution in [3.05, 3.63) is 95.3 Å². The van der Waals surface area contributed by atoms with Gasteiger partial charge in [0.2, 0.25) is 5.78 Å². The first kappa shape index (κ1) is 22.1. The maximum atomic E-state index is 13.5. The Morgan fingerprint density at radius 2 is 1.79 bits per heavy atom. The third kappa shape index (κ3) is 4.57. The standard InChI is InChI=1S/C26H24N2O5/c1-16(2)33-21-11-7-19(8-12-21)24(30)22-23(18-5-9-20(29)10-6-18)28(26(32)25(22)31)15-17-4-3-13-27-14-17/h3-14,16,23,29-30H,15H2,1-2H3. The van der Waals surface area contributed by atoms with Gasteiger partial charge < -0.3 is 19.8 Å². The SMILES string of the molecule is CC(C)Oc1ccc(C([O-])=C2C(=O)C(=O)N(Cc3ccc[nH+]c3)C2c2ccc(O)cc2)cc1. The van der Waals surface area contributed by atoms with Crippen molar-refractivity contribution in [1.82, 2.24) is 4.90 Å². The lowest BCUT2D eigenvalue weighted by atomic mass is 9.95. The molecule has 1 aliphatic heterocycles. The molecule has 1 saturated heterocycles. The Hall–Kier alpha value is -4.13. The van der Waals surface area contributed by atoms with Crippen LogP contribution in [-0.2, 0) is 16.1 Å². The summed E-state index contributed by atoms with van der Waals surface area (Å²) in [5.41, 5.74) is 1.53. The third-order valence-electron chi connectivity index (χ3n) is 5.35. The van der Waals surface area contributed by atoms with Gasteiger partial charge >= 0.3 is 0 Å². The predicted molar refractivity (Wildman–Crippen MR) is 119 cm³/mol. The number of hydrogen-bond donors (Lipinski definition) is 1. The number of pyridine rings is 1. The van der Waals surface area contributed by atoms with Gasteiger partial charge in [0, 0.05) is 17.2 Å². The molecule has 0 radical (unpaired) electrons. The monoisotopic (exact) mass is 444 g/mol. The summed E-state index contributed by atoms with van der Waals surface area (Å²) in [4.78, 5) is 30.4. The highest BCUT2D eigenvalue weighted by atomic mass is 16.5. The van der Waals surface area contributed by atoms with Crippen LogP contribution in [0, 0.1) is 0 Å². The molecule has 0 spiro atoms. The Balaban J connectivity index is 1.79. The van der Waals surface area contributed by atoms with E-state index in [2.05, 4.69) is 4.98 Å². The Labute approximate surface area is 191 Å². The number of nitrogens with one attached hydrogen (secondary N) is 1. The molecule has 3 aromatic rings. The number of aromatic amines is 1. The van der Waals surface area contributed by atoms with E-state index in [9.17, 15) is 19.8 Å². The summed E-state index contributed by atoms with van der Waals surface area (Å²) in [5, 5.41) is 23.2. The third-order valence-corrected chi connectivity index (χ3v) is 5.35. The summed E-state index contributed by atoms with van der Waals surface area (Å²) < 4.78 is 5.62. The van der Waals surface area contributed by atoms with Crippen LogP contribution in [-0.4, -0.2) is 27.8 Å². The summed E-state index contributed by atoms with van der Waals surface area (Å²) in [6.07, 6.45) is 3.46. The first-order valence-electron chi connectivity index (χ1n) is 10.6. The molecule has 0 bridgehead atoms. The number of likely N-dealkylation sites (tertiary alicyclic amines) is 1. The lowest BCUT2D eigenvalue weighted by molar-refractivity contribution is -0.378. The van der Waals surface area contributed by atoms with Crippen molar-refractivity contribution in [2.45, 2.75) is 32.5 Å². The number of benzene rings is 2. The zero-order valence-corrected chi connectivity index (χ0v) is 18.3. The van der Waals surface area contributed by atoms with Crippen LogP contribution in [0.2, 0.25) is 0 Å². The topological polar surface area (TPSA) is 104 Å². The zero-order chi connectivity index (χ0) is 23.5. The number of ketones is 1. The Morgan fingerprint density at radius 1 is 1.09 bits per heavy atom. The van der Waals surface area contributed by atoms with Gasteiger partial charge in [0.25, 0.3) is 5.91 Å². The van der Waals surface area contributed by atoms with Crippen molar-refractivity contribution in [2.24, 2.45) is 0 Å². The quantitative estimate of drug-likeness (QED) is 0.357. The maximum absolute atomic E-state index is 13.5. The molecule has 1 aromatic heterocycles. The number of H-pyrrole nitrogens is 1. The summed E-state index contributed by atoms with van der Waals surface area (Å²) in [6.45, 7) is 3.95. The fourth-order valence-corrected chi connectivity index (χ4v) is 3.87. The number of amides is 1. The van der Waals surface area contributed by atoms with E-state index in [4.69, 9.17) is 4.74 Å². The molecule has 1 amide bonds. The fraction of sp³-hybridized carbons (Fsp3) is 0.192. The number of ether oxygens (including phenoxy) is 1. The van der Waals surface area contributed by atoms with Gasteiger partial charge in [-0.15, -0.1) is 0 Å². The van der Waals surface area contributed by atoms with Crippen molar-refractivity contribution >= 4 is 17.4 Å². The van der Waals surface area contributed by atoms with Crippen molar-refractivity contribution < 1.29 is 29.5 Å². The smallest absolute Gasteiger partial charge is 0.295 e. The van der Waals surface area contributed by atoms with Crippen LogP contribution in [0.4, 0.5) is 0 Å². The van der Waals surface area contributed by atoms with Crippen LogP contribution >= 0.6 is 0 Å². The number of carbonyl (C=O) groups is 2. The molecule has 0 saturated carbocycles. The van der Waals surface area contributed by atoms with Gasteiger partial charge in [0.1, 0.15) is 11.5 Å². The second-order valence-electron chi connectivity index (χ2n) is 8.10. The minimum atomic E-state index is -0.870. The molecule has 33 heavy (non-hydrogen) atoms. The number of phenols is 1. The van der Waals surface area contributed by atoms with Gasteiger partial charge in [-0.3, -0.25) is 9.59 Å². The minimum Gasteiger partial charge on any atom is -0.872 e. The van der Waals surface area contributed by atoms with Crippen molar-refractivity contribution in [1.29, 1.82) is 0 Å². The second kappa shape index (κ2) is 9.16. The van der Waals surface area contributed by atoms with Crippen molar-refractivity contribution in [2.75, 3.05) is 0 Å². The highest BCUT2D eigenvalue weighted by molar-refractivity contribution is 6.46. The molecule has 7 heteroatoms. The first-order chi connectivity index (χ1) is 15.8. The molecule has 2 heterocycles. The Bertz CT molecular complexity index is 1190.